The van der Waals surface area contributed by atoms with E-state index in [1.165, 1.54) is 34.9 Å². The van der Waals surface area contributed by atoms with Crippen LogP contribution in [-0.4, -0.2) is 118 Å². The van der Waals surface area contributed by atoms with Crippen molar-refractivity contribution in [1.29, 1.82) is 5.26 Å². The van der Waals surface area contributed by atoms with Gasteiger partial charge >= 0.3 is 5.69 Å². The Bertz CT molecular complexity index is 4050. The monoisotopic (exact) mass is 1220 g/mol. The lowest BCUT2D eigenvalue weighted by Crippen LogP contribution is -2.59. The highest BCUT2D eigenvalue weighted by Gasteiger charge is 2.40. The molecule has 0 aliphatic carbocycles. The van der Waals surface area contributed by atoms with Crippen LogP contribution >= 0.6 is 23.2 Å². The van der Waals surface area contributed by atoms with Gasteiger partial charge in [0.05, 0.1) is 84.9 Å². The molecule has 3 unspecified atom stereocenters. The van der Waals surface area contributed by atoms with Crippen LogP contribution in [0.2, 0.25) is 10.0 Å². The average Bonchev–Trinajstić information content (AvgIpc) is 0.777. The lowest BCUT2D eigenvalue weighted by atomic mass is 10.0. The molecule has 2 N–H and O–H groups in total. The molecule has 3 aliphatic rings. The zero-order valence-corrected chi connectivity index (χ0v) is 51.9. The molecule has 8 heterocycles. The summed E-state index contributed by atoms with van der Waals surface area (Å²) >= 11 is 13.7. The summed E-state index contributed by atoms with van der Waals surface area (Å²) in [6.45, 7) is 33.6. The van der Waals surface area contributed by atoms with Gasteiger partial charge in [0.25, 0.3) is 0 Å². The van der Waals surface area contributed by atoms with Gasteiger partial charge in [0.1, 0.15) is 34.9 Å². The molecule has 3 aliphatic heterocycles. The van der Waals surface area contributed by atoms with E-state index in [2.05, 4.69) is 75.3 Å². The molecule has 18 nitrogen and oxygen atoms in total. The van der Waals surface area contributed by atoms with Gasteiger partial charge in [-0.25, -0.2) is 43.1 Å². The minimum atomic E-state index is -0.621. The predicted octanol–water partition coefficient (Wildman–Crippen LogP) is 12.1. The van der Waals surface area contributed by atoms with E-state index in [0.717, 1.165) is 28.5 Å². The number of aromatic nitrogens is 7. The van der Waals surface area contributed by atoms with Crippen LogP contribution in [0.5, 0.6) is 0 Å². The van der Waals surface area contributed by atoms with Crippen molar-refractivity contribution in [2.45, 2.75) is 112 Å². The van der Waals surface area contributed by atoms with Crippen molar-refractivity contribution in [3.63, 3.8) is 0 Å². The Labute approximate surface area is 515 Å². The fourth-order valence-electron chi connectivity index (χ4n) is 11.4. The number of aryl methyl sites for hydroxylation is 2. The number of carbonyl (C=O) groups is 2. The third-order valence-electron chi connectivity index (χ3n) is 15.7. The van der Waals surface area contributed by atoms with Crippen LogP contribution < -0.4 is 21.2 Å². The molecule has 0 bridgehead atoms. The average molecular weight is 1220 g/mol. The number of nitrogen functional groups attached to an aromatic ring is 1. The number of aliphatic imine (C=N–C) groups is 1. The molecule has 3 atom stereocenters. The number of pyridine rings is 3. The largest absolute Gasteiger partial charge is 0.398 e. The van der Waals surface area contributed by atoms with E-state index in [1.54, 1.807) is 53.6 Å². The first-order chi connectivity index (χ1) is 41.4. The maximum Gasteiger partial charge on any atom is 0.355 e. The van der Waals surface area contributed by atoms with Crippen LogP contribution in [0.1, 0.15) is 114 Å². The van der Waals surface area contributed by atoms with Crippen molar-refractivity contribution >= 4 is 74.9 Å². The van der Waals surface area contributed by atoms with Gasteiger partial charge < -0.3 is 25.3 Å². The Morgan fingerprint density at radius 3 is 2.10 bits per heavy atom. The summed E-state index contributed by atoms with van der Waals surface area (Å²) in [5, 5.41) is 10.3. The number of nitrogens with two attached hydrogens (primary N) is 1. The van der Waals surface area contributed by atoms with E-state index in [-0.39, 0.29) is 88.8 Å². The topological polar surface area (TPSA) is 212 Å². The molecule has 0 radical (unpaired) electrons. The van der Waals surface area contributed by atoms with Crippen molar-refractivity contribution in [3.8, 4) is 34.3 Å². The Balaban J connectivity index is 0.000000208. The van der Waals surface area contributed by atoms with Crippen molar-refractivity contribution in [1.82, 2.24) is 49.2 Å². The third kappa shape index (κ3) is 12.0. The third-order valence-corrected chi connectivity index (χ3v) is 16.3. The number of hydrogen-bond acceptors (Lipinski definition) is 15. The molecule has 2 saturated heterocycles. The number of anilines is 4. The standard InChI is InChI=1S/C34H39ClFN7O.C31H30ClFN8O2/c1-10-28(44)41-16-21(7)42(17-20(41)6)33-25-15-26(35)30(24-13-11-12-14-27(24)36)40-34(25)43(23(9)38-33)31-22(8)37-32(19(4)5)39-29(31)18(2)3;1-5-24(42)40-14-13-39(16-19(40)9-11-34)29-20-15-21(32)27(25-22(33)7-6-8-23(25)35)37-30(20)41(31(43)38-29)28-18(4)10-12-36-26(28)17(2)3/h10-15,18-21H,1,9,16-17H2,2-8H3;5-8,10,12,15,17,19H,1,9,13-14,16,35H2,2-4H3. The molecule has 450 valence electrons. The number of piperazine rings is 2. The van der Waals surface area contributed by atoms with Gasteiger partial charge in [-0.3, -0.25) is 19.5 Å². The first-order valence-electron chi connectivity index (χ1n) is 28.7. The molecule has 2 fully saturated rings. The summed E-state index contributed by atoms with van der Waals surface area (Å²) in [4.78, 5) is 82.2. The summed E-state index contributed by atoms with van der Waals surface area (Å²) in [5.74, 6) is 1.36. The summed E-state index contributed by atoms with van der Waals surface area (Å²) in [7, 11) is 0. The van der Waals surface area contributed by atoms with Gasteiger partial charge in [-0.05, 0) is 99.7 Å². The van der Waals surface area contributed by atoms with Crippen molar-refractivity contribution in [2.75, 3.05) is 48.3 Å². The Hall–Kier alpha value is -8.93. The summed E-state index contributed by atoms with van der Waals surface area (Å²) in [5.41, 5.74) is 11.6. The molecule has 5 aromatic heterocycles. The number of carbonyl (C=O) groups excluding carboxylic acids is 2. The number of amidine groups is 1. The predicted molar refractivity (Wildman–Crippen MR) is 340 cm³/mol. The lowest BCUT2D eigenvalue weighted by molar-refractivity contribution is -0.131. The van der Waals surface area contributed by atoms with E-state index in [9.17, 15) is 19.6 Å². The number of nitrogens with zero attached hydrogens (tertiary/aromatic N) is 14. The van der Waals surface area contributed by atoms with Crippen molar-refractivity contribution in [3.05, 3.63) is 171 Å². The van der Waals surface area contributed by atoms with Crippen LogP contribution in [0.4, 0.5) is 31.8 Å². The number of hydrogen-bond donors (Lipinski definition) is 1. The van der Waals surface area contributed by atoms with Crippen molar-refractivity contribution < 1.29 is 18.4 Å². The van der Waals surface area contributed by atoms with E-state index in [4.69, 9.17) is 53.9 Å². The van der Waals surface area contributed by atoms with Crippen LogP contribution in [0.25, 0.3) is 39.2 Å². The van der Waals surface area contributed by atoms with Crippen LogP contribution in [-0.2, 0) is 9.59 Å². The zero-order valence-electron chi connectivity index (χ0n) is 50.4. The second kappa shape index (κ2) is 25.6. The van der Waals surface area contributed by atoms with Gasteiger partial charge in [0, 0.05) is 68.2 Å². The highest BCUT2D eigenvalue weighted by atomic mass is 35.5. The van der Waals surface area contributed by atoms with E-state index >= 15 is 8.78 Å². The fourth-order valence-corrected chi connectivity index (χ4v) is 11.9. The summed E-state index contributed by atoms with van der Waals surface area (Å²) < 4.78 is 31.6. The highest BCUT2D eigenvalue weighted by Crippen LogP contribution is 2.45. The first-order valence-corrected chi connectivity index (χ1v) is 29.5. The molecule has 7 aromatic rings. The van der Waals surface area contributed by atoms with E-state index in [0.29, 0.717) is 81.5 Å². The molecule has 10 rings (SSSR count). The Morgan fingerprint density at radius 2 is 1.45 bits per heavy atom. The van der Waals surface area contributed by atoms with Gasteiger partial charge in [0.15, 0.2) is 11.5 Å². The first kappa shape index (κ1) is 62.6. The highest BCUT2D eigenvalue weighted by molar-refractivity contribution is 6.34. The number of amides is 2. The zero-order chi connectivity index (χ0) is 63.0. The molecular weight excluding hydrogens is 1150 g/mol. The van der Waals surface area contributed by atoms with E-state index in [1.807, 2.05) is 49.3 Å². The van der Waals surface area contributed by atoms with Gasteiger partial charge in [0.2, 0.25) is 11.8 Å². The molecule has 2 aromatic carbocycles. The van der Waals surface area contributed by atoms with Crippen LogP contribution in [0, 0.1) is 36.8 Å². The maximum atomic E-state index is 15.1. The summed E-state index contributed by atoms with van der Waals surface area (Å²) in [6.07, 6.45) is 4.32. The van der Waals surface area contributed by atoms with Crippen molar-refractivity contribution in [2.24, 2.45) is 4.99 Å². The molecule has 2 amide bonds. The second-order valence-electron chi connectivity index (χ2n) is 22.8. The number of halogens is 4. The maximum absolute atomic E-state index is 15.1. The van der Waals surface area contributed by atoms with Crippen LogP contribution in [0.15, 0.2) is 114 Å². The lowest BCUT2D eigenvalue weighted by Gasteiger charge is -2.46. The van der Waals surface area contributed by atoms with Crippen LogP contribution in [0.3, 0.4) is 0 Å². The number of fused-ring (bicyclic) bond motifs is 2. The smallest absolute Gasteiger partial charge is 0.355 e. The molecule has 0 spiro atoms. The fraction of sp³-hybridized carbons (Fsp3) is 0.338. The van der Waals surface area contributed by atoms with Gasteiger partial charge in [-0.1, -0.05) is 103 Å². The molecule has 0 saturated carbocycles. The molecule has 22 heteroatoms. The molecule has 87 heavy (non-hydrogen) atoms. The number of benzene rings is 2. The normalized spacial score (nSPS) is 16.9. The summed E-state index contributed by atoms with van der Waals surface area (Å²) in [6, 6.07) is 17.5. The SMILES string of the molecule is C=CC(=O)N1CC(C)N(C2=NC(=C)N(c3c(C)nc(C(C)C)nc3C(C)C)c3nc(-c4ccccc4F)c(Cl)cc32)CC1C.C=CC(=O)N1CCN(c2nc(=O)n(-c3c(C)ccnc3C(C)C)c3nc(-c4c(N)cccc4F)c(Cl)cc23)CC1CC#N. The van der Waals surface area contributed by atoms with Gasteiger partial charge in [-0.15, -0.1) is 0 Å². The minimum absolute atomic E-state index is 0.0180. The Morgan fingerprint density at radius 1 is 0.770 bits per heavy atom. The number of nitriles is 1. The quantitative estimate of drug-likeness (QED) is 0.0943. The second-order valence-corrected chi connectivity index (χ2v) is 23.6. The Kier molecular flexibility index (Phi) is 18.4. The number of rotatable bonds is 11. The molecular formula is C65H69Cl2F2N15O3. The van der Waals surface area contributed by atoms with Gasteiger partial charge in [-0.2, -0.15) is 10.2 Å². The van der Waals surface area contributed by atoms with E-state index < -0.39 is 23.4 Å². The minimum Gasteiger partial charge on any atom is -0.398 e.